The van der Waals surface area contributed by atoms with E-state index < -0.39 is 0 Å². The summed E-state index contributed by atoms with van der Waals surface area (Å²) in [5.41, 5.74) is 2.75. The molecule has 1 aromatic carbocycles. The van der Waals surface area contributed by atoms with Crippen molar-refractivity contribution in [1.29, 1.82) is 0 Å². The molecule has 0 aliphatic heterocycles. The Labute approximate surface area is 113 Å². The number of benzene rings is 1. The molecule has 100 valence electrons. The van der Waals surface area contributed by atoms with Gasteiger partial charge in [-0.15, -0.1) is 0 Å². The Morgan fingerprint density at radius 2 is 2.05 bits per heavy atom. The molecule has 3 nitrogen and oxygen atoms in total. The molecule has 0 atom stereocenters. The number of Topliss-reactive ketones (excluding diaryl/α,β-unsaturated/α-hetero) is 1. The first-order valence-corrected chi connectivity index (χ1v) is 7.19. The maximum absolute atomic E-state index is 12.0. The fourth-order valence-electron chi connectivity index (χ4n) is 2.91. The van der Waals surface area contributed by atoms with E-state index in [4.69, 9.17) is 0 Å². The second-order valence-corrected chi connectivity index (χ2v) is 5.85. The number of H-pyrrole nitrogens is 1. The van der Waals surface area contributed by atoms with Gasteiger partial charge in [0.25, 0.3) is 0 Å². The molecular formula is C16H20N2O. The largest absolute Gasteiger partial charge is 0.342 e. The van der Waals surface area contributed by atoms with Gasteiger partial charge in [0, 0.05) is 17.4 Å². The molecule has 1 saturated carbocycles. The number of fused-ring (bicyclic) bond motifs is 1. The van der Waals surface area contributed by atoms with E-state index in [0.717, 1.165) is 22.4 Å². The fourth-order valence-corrected chi connectivity index (χ4v) is 2.91. The zero-order valence-electron chi connectivity index (χ0n) is 11.6. The summed E-state index contributed by atoms with van der Waals surface area (Å²) in [4.78, 5) is 20.1. The molecule has 2 aromatic rings. The maximum Gasteiger partial charge on any atom is 0.165 e. The summed E-state index contributed by atoms with van der Waals surface area (Å²) in [5, 5.41) is 0. The highest BCUT2D eigenvalue weighted by Gasteiger charge is 2.20. The minimum absolute atomic E-state index is 0.0367. The first-order chi connectivity index (χ1) is 9.15. The molecule has 0 spiro atoms. The van der Waals surface area contributed by atoms with Crippen molar-refractivity contribution < 1.29 is 4.79 Å². The first kappa shape index (κ1) is 12.4. The molecule has 1 N–H and O–H groups in total. The Hall–Kier alpha value is -1.64. The van der Waals surface area contributed by atoms with Gasteiger partial charge < -0.3 is 4.98 Å². The van der Waals surface area contributed by atoms with Crippen molar-refractivity contribution >= 4 is 16.8 Å². The summed E-state index contributed by atoms with van der Waals surface area (Å²) in [7, 11) is 0. The highest BCUT2D eigenvalue weighted by Crippen LogP contribution is 2.33. The molecule has 1 heterocycles. The van der Waals surface area contributed by atoms with Gasteiger partial charge in [-0.25, -0.2) is 4.98 Å². The molecule has 0 radical (unpaired) electrons. The zero-order chi connectivity index (χ0) is 13.4. The topological polar surface area (TPSA) is 45.8 Å². The summed E-state index contributed by atoms with van der Waals surface area (Å²) in [6.45, 7) is 3.87. The number of aromatic amines is 1. The molecular weight excluding hydrogens is 236 g/mol. The van der Waals surface area contributed by atoms with Crippen LogP contribution in [-0.2, 0) is 0 Å². The normalized spacial score (nSPS) is 16.6. The van der Waals surface area contributed by atoms with Crippen molar-refractivity contribution in [2.45, 2.75) is 45.4 Å². The van der Waals surface area contributed by atoms with Crippen LogP contribution in [0.25, 0.3) is 11.0 Å². The van der Waals surface area contributed by atoms with Crippen molar-refractivity contribution in [3.05, 3.63) is 29.6 Å². The van der Waals surface area contributed by atoms with E-state index in [0.29, 0.717) is 5.92 Å². The Kier molecular flexibility index (Phi) is 3.13. The van der Waals surface area contributed by atoms with E-state index in [1.165, 1.54) is 25.7 Å². The summed E-state index contributed by atoms with van der Waals surface area (Å²) in [5.74, 6) is 1.91. The molecule has 3 heteroatoms. The molecule has 0 unspecified atom stereocenters. The summed E-state index contributed by atoms with van der Waals surface area (Å²) < 4.78 is 0. The van der Waals surface area contributed by atoms with Crippen LogP contribution < -0.4 is 0 Å². The lowest BCUT2D eigenvalue weighted by Crippen LogP contribution is -2.06. The van der Waals surface area contributed by atoms with Crippen LogP contribution in [0.3, 0.4) is 0 Å². The van der Waals surface area contributed by atoms with E-state index >= 15 is 0 Å². The smallest absolute Gasteiger partial charge is 0.165 e. The van der Waals surface area contributed by atoms with E-state index in [1.54, 1.807) is 0 Å². The monoisotopic (exact) mass is 256 g/mol. The molecule has 1 aromatic heterocycles. The maximum atomic E-state index is 12.0. The number of rotatable bonds is 3. The number of nitrogens with one attached hydrogen (secondary N) is 1. The Balaban J connectivity index is 1.96. The second kappa shape index (κ2) is 4.80. The Bertz CT molecular complexity index is 606. The molecule has 19 heavy (non-hydrogen) atoms. The van der Waals surface area contributed by atoms with Gasteiger partial charge in [0.05, 0.1) is 11.0 Å². The van der Waals surface area contributed by atoms with E-state index in [9.17, 15) is 4.79 Å². The van der Waals surface area contributed by atoms with Crippen molar-refractivity contribution in [3.8, 4) is 0 Å². The summed E-state index contributed by atoms with van der Waals surface area (Å²) in [6, 6.07) is 5.80. The molecule has 0 amide bonds. The predicted octanol–water partition coefficient (Wildman–Crippen LogP) is 4.06. The Morgan fingerprint density at radius 1 is 1.32 bits per heavy atom. The molecule has 0 saturated heterocycles. The third kappa shape index (κ3) is 2.29. The number of nitrogens with zero attached hydrogens (tertiary/aromatic N) is 1. The van der Waals surface area contributed by atoms with Crippen molar-refractivity contribution in [2.24, 2.45) is 5.92 Å². The van der Waals surface area contributed by atoms with Gasteiger partial charge in [-0.3, -0.25) is 4.79 Å². The lowest BCUT2D eigenvalue weighted by atomic mass is 10.0. The van der Waals surface area contributed by atoms with Crippen molar-refractivity contribution in [1.82, 2.24) is 9.97 Å². The lowest BCUT2D eigenvalue weighted by Gasteiger charge is -2.03. The van der Waals surface area contributed by atoms with Crippen molar-refractivity contribution in [2.75, 3.05) is 0 Å². The Morgan fingerprint density at radius 3 is 2.74 bits per heavy atom. The van der Waals surface area contributed by atoms with Gasteiger partial charge in [0.15, 0.2) is 5.78 Å². The number of aromatic nitrogens is 2. The highest BCUT2D eigenvalue weighted by atomic mass is 16.1. The highest BCUT2D eigenvalue weighted by molar-refractivity contribution is 6.00. The van der Waals surface area contributed by atoms with Gasteiger partial charge in [0.1, 0.15) is 5.82 Å². The zero-order valence-corrected chi connectivity index (χ0v) is 11.6. The predicted molar refractivity (Wildman–Crippen MR) is 76.5 cm³/mol. The molecule has 1 fully saturated rings. The SMILES string of the molecule is CC(C)C(=O)c1ccc2nc(C3CCCC3)[nH]c2c1. The number of hydrogen-bond donors (Lipinski definition) is 1. The van der Waals surface area contributed by atoms with Crippen LogP contribution in [0, 0.1) is 5.92 Å². The number of hydrogen-bond acceptors (Lipinski definition) is 2. The van der Waals surface area contributed by atoms with Gasteiger partial charge in [-0.05, 0) is 31.0 Å². The minimum atomic E-state index is 0.0367. The quantitative estimate of drug-likeness (QED) is 0.842. The summed E-state index contributed by atoms with van der Waals surface area (Å²) in [6.07, 6.45) is 5.08. The van der Waals surface area contributed by atoms with E-state index in [1.807, 2.05) is 32.0 Å². The summed E-state index contributed by atoms with van der Waals surface area (Å²) >= 11 is 0. The van der Waals surface area contributed by atoms with Crippen molar-refractivity contribution in [3.63, 3.8) is 0 Å². The van der Waals surface area contributed by atoms with Crippen LogP contribution in [-0.4, -0.2) is 15.8 Å². The first-order valence-electron chi connectivity index (χ1n) is 7.19. The number of carbonyl (C=O) groups excluding carboxylic acids is 1. The van der Waals surface area contributed by atoms with E-state index in [-0.39, 0.29) is 11.7 Å². The third-order valence-corrected chi connectivity index (χ3v) is 4.05. The van der Waals surface area contributed by atoms with Gasteiger partial charge >= 0.3 is 0 Å². The standard InChI is InChI=1S/C16H20N2O/c1-10(2)15(19)12-7-8-13-14(9-12)18-16(17-13)11-5-3-4-6-11/h7-11H,3-6H2,1-2H3,(H,17,18). The van der Waals surface area contributed by atoms with Gasteiger partial charge in [0.2, 0.25) is 0 Å². The molecule has 3 rings (SSSR count). The average Bonchev–Trinajstić information content (AvgIpc) is 3.05. The second-order valence-electron chi connectivity index (χ2n) is 5.85. The fraction of sp³-hybridized carbons (Fsp3) is 0.500. The average molecular weight is 256 g/mol. The van der Waals surface area contributed by atoms with Crippen LogP contribution in [0.1, 0.15) is 61.6 Å². The molecule has 0 bridgehead atoms. The van der Waals surface area contributed by atoms with Crippen LogP contribution in [0.15, 0.2) is 18.2 Å². The van der Waals surface area contributed by atoms with Crippen LogP contribution in [0.4, 0.5) is 0 Å². The molecule has 1 aliphatic rings. The number of carbonyl (C=O) groups is 1. The van der Waals surface area contributed by atoms with Crippen LogP contribution >= 0.6 is 0 Å². The number of ketones is 1. The third-order valence-electron chi connectivity index (χ3n) is 4.05. The van der Waals surface area contributed by atoms with Crippen LogP contribution in [0.2, 0.25) is 0 Å². The van der Waals surface area contributed by atoms with E-state index in [2.05, 4.69) is 9.97 Å². The number of imidazole rings is 1. The van der Waals surface area contributed by atoms with Gasteiger partial charge in [-0.2, -0.15) is 0 Å². The minimum Gasteiger partial charge on any atom is -0.342 e. The van der Waals surface area contributed by atoms with Crippen LogP contribution in [0.5, 0.6) is 0 Å². The lowest BCUT2D eigenvalue weighted by molar-refractivity contribution is 0.0939. The molecule has 1 aliphatic carbocycles. The van der Waals surface area contributed by atoms with Gasteiger partial charge in [-0.1, -0.05) is 26.7 Å².